The topological polar surface area (TPSA) is 130 Å². The van der Waals surface area contributed by atoms with Crippen molar-refractivity contribution in [3.05, 3.63) is 119 Å². The molecule has 0 radical (unpaired) electrons. The second-order valence-electron chi connectivity index (χ2n) is 8.33. The molecule has 4 aromatic rings. The molecule has 1 atom stereocenters. The molecule has 0 spiro atoms. The van der Waals surface area contributed by atoms with Gasteiger partial charge in [0.1, 0.15) is 0 Å². The van der Waals surface area contributed by atoms with Crippen molar-refractivity contribution in [1.29, 1.82) is 0 Å². The van der Waals surface area contributed by atoms with Crippen molar-refractivity contribution in [2.24, 2.45) is 4.99 Å². The van der Waals surface area contributed by atoms with E-state index in [9.17, 15) is 19.7 Å². The first kappa shape index (κ1) is 26.2. The highest BCUT2D eigenvalue weighted by Crippen LogP contribution is 2.32. The molecule has 1 aliphatic heterocycles. The van der Waals surface area contributed by atoms with Crippen LogP contribution in [0.3, 0.4) is 0 Å². The summed E-state index contributed by atoms with van der Waals surface area (Å²) in [7, 11) is 0. The lowest BCUT2D eigenvalue weighted by molar-refractivity contribution is -0.384. The summed E-state index contributed by atoms with van der Waals surface area (Å²) in [6.45, 7) is 3.62. The molecular formula is C27H21N5O5S2. The van der Waals surface area contributed by atoms with E-state index in [2.05, 4.69) is 15.0 Å². The zero-order chi connectivity index (χ0) is 27.5. The van der Waals surface area contributed by atoms with Crippen molar-refractivity contribution in [2.75, 3.05) is 6.61 Å². The van der Waals surface area contributed by atoms with Crippen LogP contribution in [-0.4, -0.2) is 32.0 Å². The average Bonchev–Trinajstić information content (AvgIpc) is 3.24. The number of aromatic nitrogens is 3. The number of hydrogen-bond donors (Lipinski definition) is 0. The minimum absolute atomic E-state index is 0.116. The Morgan fingerprint density at radius 2 is 1.92 bits per heavy atom. The average molecular weight is 560 g/mol. The molecule has 0 aliphatic carbocycles. The van der Waals surface area contributed by atoms with Gasteiger partial charge in [0.2, 0.25) is 0 Å². The van der Waals surface area contributed by atoms with Crippen LogP contribution in [0.2, 0.25) is 0 Å². The standard InChI is InChI=1S/C27H21N5O5S2/c1-3-37-25(34)22-16(2)30-27-31(23(22)17-8-5-4-6-9-17)24(33)21(39-27)15-18-14-19(32(35)36)10-11-20(18)38-26-28-12-7-13-29-26/h4-15,23H,3H2,1-2H3/b21-15+/t23-/m1/s1. The van der Waals surface area contributed by atoms with Gasteiger partial charge in [0.15, 0.2) is 9.96 Å². The highest BCUT2D eigenvalue weighted by molar-refractivity contribution is 7.99. The number of carbonyl (C=O) groups is 1. The summed E-state index contributed by atoms with van der Waals surface area (Å²) in [5.74, 6) is -0.540. The van der Waals surface area contributed by atoms with Gasteiger partial charge in [-0.3, -0.25) is 19.5 Å². The van der Waals surface area contributed by atoms with Crippen LogP contribution < -0.4 is 14.9 Å². The van der Waals surface area contributed by atoms with Crippen molar-refractivity contribution < 1.29 is 14.5 Å². The normalized spacial score (nSPS) is 15.0. The molecule has 0 saturated carbocycles. The van der Waals surface area contributed by atoms with Gasteiger partial charge in [-0.05, 0) is 54.9 Å². The van der Waals surface area contributed by atoms with Gasteiger partial charge >= 0.3 is 5.97 Å². The lowest BCUT2D eigenvalue weighted by Crippen LogP contribution is -2.39. The van der Waals surface area contributed by atoms with Crippen LogP contribution in [0, 0.1) is 10.1 Å². The summed E-state index contributed by atoms with van der Waals surface area (Å²) >= 11 is 2.38. The van der Waals surface area contributed by atoms with Crippen LogP contribution >= 0.6 is 23.1 Å². The van der Waals surface area contributed by atoms with Gasteiger partial charge in [0.05, 0.1) is 33.4 Å². The highest BCUT2D eigenvalue weighted by Gasteiger charge is 2.33. The smallest absolute Gasteiger partial charge is 0.338 e. The number of rotatable bonds is 7. The van der Waals surface area contributed by atoms with E-state index in [0.29, 0.717) is 30.6 Å². The number of hydrogen-bond acceptors (Lipinski definition) is 10. The number of fused-ring (bicyclic) bond motifs is 1. The van der Waals surface area contributed by atoms with Gasteiger partial charge in [-0.25, -0.2) is 19.8 Å². The van der Waals surface area contributed by atoms with Gasteiger partial charge in [0, 0.05) is 29.4 Å². The molecule has 0 bridgehead atoms. The molecular weight excluding hydrogens is 538 g/mol. The van der Waals surface area contributed by atoms with Crippen LogP contribution in [0.1, 0.15) is 31.0 Å². The summed E-state index contributed by atoms with van der Waals surface area (Å²) in [6, 6.07) is 14.6. The molecule has 10 nitrogen and oxygen atoms in total. The van der Waals surface area contributed by atoms with E-state index in [4.69, 9.17) is 4.74 Å². The molecule has 5 rings (SSSR count). The Bertz CT molecular complexity index is 1780. The maximum Gasteiger partial charge on any atom is 0.338 e. The number of ether oxygens (including phenoxy) is 1. The fourth-order valence-corrected chi connectivity index (χ4v) is 6.01. The minimum atomic E-state index is -0.736. The first-order valence-electron chi connectivity index (χ1n) is 11.8. The van der Waals surface area contributed by atoms with E-state index in [-0.39, 0.29) is 23.4 Å². The van der Waals surface area contributed by atoms with Crippen molar-refractivity contribution in [2.45, 2.75) is 29.9 Å². The molecule has 2 aromatic heterocycles. The minimum Gasteiger partial charge on any atom is -0.463 e. The number of carbonyl (C=O) groups excluding carboxylic acids is 1. The molecule has 39 heavy (non-hydrogen) atoms. The Balaban J connectivity index is 1.70. The second kappa shape index (κ2) is 11.1. The molecule has 0 unspecified atom stereocenters. The van der Waals surface area contributed by atoms with Crippen molar-refractivity contribution in [1.82, 2.24) is 14.5 Å². The quantitative estimate of drug-likeness (QED) is 0.145. The van der Waals surface area contributed by atoms with E-state index < -0.39 is 16.9 Å². The number of thiazole rings is 1. The number of allylic oxidation sites excluding steroid dienone is 1. The van der Waals surface area contributed by atoms with E-state index in [1.807, 2.05) is 30.3 Å². The van der Waals surface area contributed by atoms with Crippen LogP contribution in [0.15, 0.2) is 98.1 Å². The third kappa shape index (κ3) is 5.29. The Morgan fingerprint density at radius 1 is 1.18 bits per heavy atom. The predicted molar refractivity (Wildman–Crippen MR) is 146 cm³/mol. The lowest BCUT2D eigenvalue weighted by Gasteiger charge is -2.24. The third-order valence-corrected chi connectivity index (χ3v) is 7.83. The van der Waals surface area contributed by atoms with Gasteiger partial charge in [-0.15, -0.1) is 0 Å². The predicted octanol–water partition coefficient (Wildman–Crippen LogP) is 3.65. The monoisotopic (exact) mass is 559 g/mol. The molecule has 2 aromatic carbocycles. The molecule has 196 valence electrons. The molecule has 0 amide bonds. The van der Waals surface area contributed by atoms with Gasteiger partial charge < -0.3 is 4.74 Å². The van der Waals surface area contributed by atoms with Crippen LogP contribution in [0.4, 0.5) is 5.69 Å². The molecule has 0 N–H and O–H groups in total. The van der Waals surface area contributed by atoms with Crippen LogP contribution in [-0.2, 0) is 9.53 Å². The van der Waals surface area contributed by atoms with Crippen molar-refractivity contribution >= 4 is 40.8 Å². The second-order valence-corrected chi connectivity index (χ2v) is 10.3. The molecule has 1 aliphatic rings. The first-order valence-corrected chi connectivity index (χ1v) is 13.5. The van der Waals surface area contributed by atoms with Gasteiger partial charge in [0.25, 0.3) is 11.2 Å². The maximum atomic E-state index is 13.9. The van der Waals surface area contributed by atoms with Crippen LogP contribution in [0.25, 0.3) is 6.08 Å². The number of non-ortho nitro benzene ring substituents is 1. The summed E-state index contributed by atoms with van der Waals surface area (Å²) < 4.78 is 7.10. The molecule has 3 heterocycles. The van der Waals surface area contributed by atoms with Gasteiger partial charge in [-0.1, -0.05) is 41.7 Å². The highest BCUT2D eigenvalue weighted by atomic mass is 32.2. The van der Waals surface area contributed by atoms with Crippen molar-refractivity contribution in [3.63, 3.8) is 0 Å². The number of nitrogens with zero attached hydrogens (tertiary/aromatic N) is 5. The SMILES string of the molecule is CCOC(=O)C1=C(C)N=c2s/c(=C/c3cc([N+](=O)[O-])ccc3Sc3ncccn3)c(=O)n2[C@@H]1c1ccccc1. The Labute approximate surface area is 230 Å². The van der Waals surface area contributed by atoms with Gasteiger partial charge in [-0.2, -0.15) is 0 Å². The largest absolute Gasteiger partial charge is 0.463 e. The summed E-state index contributed by atoms with van der Waals surface area (Å²) in [4.78, 5) is 52.0. The van der Waals surface area contributed by atoms with E-state index in [0.717, 1.165) is 16.9 Å². The Kier molecular flexibility index (Phi) is 7.48. The Hall–Kier alpha value is -4.42. The zero-order valence-electron chi connectivity index (χ0n) is 20.8. The summed E-state index contributed by atoms with van der Waals surface area (Å²) in [5, 5.41) is 12.0. The molecule has 12 heteroatoms. The fourth-order valence-electron chi connectivity index (χ4n) is 4.18. The molecule has 0 saturated heterocycles. The zero-order valence-corrected chi connectivity index (χ0v) is 22.4. The van der Waals surface area contributed by atoms with E-state index in [1.165, 1.54) is 28.5 Å². The number of nitro benzene ring substituents is 1. The summed E-state index contributed by atoms with van der Waals surface area (Å²) in [6.07, 6.45) is 4.81. The number of nitro groups is 1. The molecule has 0 fully saturated rings. The van der Waals surface area contributed by atoms with Crippen molar-refractivity contribution in [3.8, 4) is 0 Å². The van der Waals surface area contributed by atoms with E-state index in [1.54, 1.807) is 44.4 Å². The summed E-state index contributed by atoms with van der Waals surface area (Å²) in [5.41, 5.74) is 1.45. The lowest BCUT2D eigenvalue weighted by atomic mass is 9.96. The van der Waals surface area contributed by atoms with Crippen LogP contribution in [0.5, 0.6) is 0 Å². The number of esters is 1. The van der Waals surface area contributed by atoms with E-state index >= 15 is 0 Å². The third-order valence-electron chi connectivity index (χ3n) is 5.87. The fraction of sp³-hybridized carbons (Fsp3) is 0.148. The first-order chi connectivity index (χ1) is 18.9. The maximum absolute atomic E-state index is 13.9. The Morgan fingerprint density at radius 3 is 2.62 bits per heavy atom. The number of benzene rings is 2.